The molecule has 3 N–H and O–H groups in total. The summed E-state index contributed by atoms with van der Waals surface area (Å²) in [5.74, 6) is -2.02. The van der Waals surface area contributed by atoms with Crippen LogP contribution >= 0.6 is 0 Å². The van der Waals surface area contributed by atoms with E-state index in [1.165, 1.54) is 24.1 Å². The minimum absolute atomic E-state index is 0.0198. The smallest absolute Gasteiger partial charge is 0.252 e. The molecule has 1 aromatic carbocycles. The van der Waals surface area contributed by atoms with Crippen LogP contribution in [0.3, 0.4) is 0 Å². The molecule has 9 heteroatoms. The van der Waals surface area contributed by atoms with Crippen LogP contribution in [0.5, 0.6) is 0 Å². The molecule has 3 rings (SSSR count). The number of nitrogens with one attached hydrogen (secondary N) is 1. The van der Waals surface area contributed by atoms with Crippen LogP contribution < -0.4 is 11.2 Å². The highest BCUT2D eigenvalue weighted by molar-refractivity contribution is 6.12. The topological polar surface area (TPSA) is 114 Å². The monoisotopic (exact) mass is 426 g/mol. The van der Waals surface area contributed by atoms with Gasteiger partial charge in [0.1, 0.15) is 6.33 Å². The Hall–Kier alpha value is -3.20. The second-order valence-electron chi connectivity index (χ2n) is 8.21. The summed E-state index contributed by atoms with van der Waals surface area (Å²) in [6, 6.07) is 9.48. The second-order valence-corrected chi connectivity index (χ2v) is 8.21. The molecular weight excluding hydrogens is 396 g/mol. The fourth-order valence-electron chi connectivity index (χ4n) is 3.78. The van der Waals surface area contributed by atoms with E-state index >= 15 is 0 Å². The number of likely N-dealkylation sites (N-methyl/N-ethyl adjacent to an activating group) is 1. The Labute approximate surface area is 182 Å². The fraction of sp³-hybridized carbons (Fsp3) is 0.455. The quantitative estimate of drug-likeness (QED) is 0.556. The van der Waals surface area contributed by atoms with Crippen molar-refractivity contribution >= 4 is 17.6 Å². The van der Waals surface area contributed by atoms with Gasteiger partial charge in [-0.25, -0.2) is 4.98 Å². The number of imidazole rings is 1. The summed E-state index contributed by atoms with van der Waals surface area (Å²) in [6.07, 6.45) is 4.91. The van der Waals surface area contributed by atoms with Crippen LogP contribution in [0, 0.1) is 5.92 Å². The van der Waals surface area contributed by atoms with Crippen LogP contribution in [-0.2, 0) is 20.8 Å². The number of Topliss-reactive ketones (excluding diaryl/α,β-unsaturated/α-hetero) is 1. The number of carbonyl (C=O) groups is 3. The second kappa shape index (κ2) is 9.74. The molecule has 2 amide bonds. The van der Waals surface area contributed by atoms with Gasteiger partial charge in [-0.15, -0.1) is 0 Å². The molecule has 1 aliphatic rings. The van der Waals surface area contributed by atoms with Crippen molar-refractivity contribution in [3.8, 4) is 0 Å². The van der Waals surface area contributed by atoms with Crippen molar-refractivity contribution < 1.29 is 14.4 Å². The zero-order valence-electron chi connectivity index (χ0n) is 18.0. The minimum atomic E-state index is -1.69. The first-order valence-electron chi connectivity index (χ1n) is 10.4. The average Bonchev–Trinajstić information content (AvgIpc) is 3.26. The SMILES string of the molecule is CN1CCN(C(=O)CC(Cc2ccccc2)C(=O)[C@@](C)(Nn2ccnc2)C(N)=O)CC1. The number of ketones is 1. The molecule has 166 valence electrons. The van der Waals surface area contributed by atoms with Crippen LogP contribution in [0.2, 0.25) is 0 Å². The molecule has 0 saturated carbocycles. The van der Waals surface area contributed by atoms with Gasteiger partial charge in [0.05, 0.1) is 0 Å². The highest BCUT2D eigenvalue weighted by atomic mass is 16.2. The lowest BCUT2D eigenvalue weighted by atomic mass is 9.81. The average molecular weight is 427 g/mol. The Morgan fingerprint density at radius 2 is 1.84 bits per heavy atom. The molecule has 9 nitrogen and oxygen atoms in total. The Bertz CT molecular complexity index is 893. The predicted octanol–water partition coefficient (Wildman–Crippen LogP) is 0.263. The summed E-state index contributed by atoms with van der Waals surface area (Å²) in [6.45, 7) is 4.30. The first-order chi connectivity index (χ1) is 14.8. The normalized spacial score (nSPS) is 17.5. The third-order valence-electron chi connectivity index (χ3n) is 5.82. The van der Waals surface area contributed by atoms with Crippen molar-refractivity contribution in [2.75, 3.05) is 38.7 Å². The van der Waals surface area contributed by atoms with Crippen LogP contribution in [0.15, 0.2) is 49.1 Å². The van der Waals surface area contributed by atoms with Crippen molar-refractivity contribution in [2.45, 2.75) is 25.3 Å². The van der Waals surface area contributed by atoms with E-state index in [4.69, 9.17) is 5.73 Å². The van der Waals surface area contributed by atoms with E-state index in [2.05, 4.69) is 15.3 Å². The van der Waals surface area contributed by atoms with Crippen LogP contribution in [0.25, 0.3) is 0 Å². The zero-order chi connectivity index (χ0) is 22.4. The van der Waals surface area contributed by atoms with Crippen LogP contribution in [-0.4, -0.2) is 75.8 Å². The predicted molar refractivity (Wildman–Crippen MR) is 117 cm³/mol. The minimum Gasteiger partial charge on any atom is -0.367 e. The van der Waals surface area contributed by atoms with Gasteiger partial charge in [-0.2, -0.15) is 0 Å². The van der Waals surface area contributed by atoms with Crippen LogP contribution in [0.4, 0.5) is 0 Å². The molecule has 0 radical (unpaired) electrons. The molecule has 2 heterocycles. The Morgan fingerprint density at radius 3 is 2.42 bits per heavy atom. The molecule has 1 aromatic heterocycles. The van der Waals surface area contributed by atoms with Gasteiger partial charge in [0, 0.05) is 50.9 Å². The number of primary amides is 1. The summed E-state index contributed by atoms with van der Waals surface area (Å²) in [7, 11) is 2.02. The van der Waals surface area contributed by atoms with Crippen LogP contribution in [0.1, 0.15) is 18.9 Å². The number of nitrogens with two attached hydrogens (primary N) is 1. The van der Waals surface area contributed by atoms with E-state index in [1.807, 2.05) is 37.4 Å². The molecule has 1 unspecified atom stereocenters. The highest BCUT2D eigenvalue weighted by Gasteiger charge is 2.44. The Balaban J connectivity index is 1.83. The number of benzene rings is 1. The summed E-state index contributed by atoms with van der Waals surface area (Å²) < 4.78 is 1.42. The number of hydrogen-bond acceptors (Lipinski definition) is 6. The van der Waals surface area contributed by atoms with Gasteiger partial charge in [0.15, 0.2) is 11.3 Å². The molecule has 0 bridgehead atoms. The van der Waals surface area contributed by atoms with Crippen molar-refractivity contribution in [2.24, 2.45) is 11.7 Å². The van der Waals surface area contributed by atoms with E-state index < -0.39 is 23.1 Å². The van der Waals surface area contributed by atoms with Gasteiger partial charge in [-0.3, -0.25) is 19.1 Å². The van der Waals surface area contributed by atoms with E-state index in [0.717, 1.165) is 18.7 Å². The third-order valence-corrected chi connectivity index (χ3v) is 5.82. The summed E-state index contributed by atoms with van der Waals surface area (Å²) >= 11 is 0. The lowest BCUT2D eigenvalue weighted by Gasteiger charge is -2.34. The highest BCUT2D eigenvalue weighted by Crippen LogP contribution is 2.23. The third kappa shape index (κ3) is 5.49. The molecule has 0 aliphatic carbocycles. The molecule has 0 spiro atoms. The molecular formula is C22H30N6O3. The number of rotatable bonds is 9. The van der Waals surface area contributed by atoms with Gasteiger partial charge in [-0.05, 0) is 26.0 Å². The van der Waals surface area contributed by atoms with Crippen molar-refractivity contribution in [3.05, 3.63) is 54.6 Å². The van der Waals surface area contributed by atoms with Gasteiger partial charge >= 0.3 is 0 Å². The molecule has 1 aliphatic heterocycles. The van der Waals surface area contributed by atoms with Crippen molar-refractivity contribution in [3.63, 3.8) is 0 Å². The number of amides is 2. The van der Waals surface area contributed by atoms with E-state index in [0.29, 0.717) is 19.5 Å². The lowest BCUT2D eigenvalue weighted by molar-refractivity contribution is -0.140. The molecule has 2 aromatic rings. The maximum atomic E-state index is 13.6. The van der Waals surface area contributed by atoms with E-state index in [9.17, 15) is 14.4 Å². The van der Waals surface area contributed by atoms with Gasteiger partial charge in [0.2, 0.25) is 5.91 Å². The summed E-state index contributed by atoms with van der Waals surface area (Å²) in [4.78, 5) is 46.9. The van der Waals surface area contributed by atoms with E-state index in [1.54, 1.807) is 11.1 Å². The standard InChI is InChI=1S/C22H30N6O3/c1-22(21(23)31,25-28-9-8-24-16-28)20(30)18(14-17-6-4-3-5-7-17)15-19(29)27-12-10-26(2)11-13-27/h3-9,16,18,25H,10-15H2,1-2H3,(H2,23,31)/t18?,22-/m1/s1. The molecule has 31 heavy (non-hydrogen) atoms. The first kappa shape index (κ1) is 22.5. The number of aromatic nitrogens is 2. The first-order valence-corrected chi connectivity index (χ1v) is 10.4. The van der Waals surface area contributed by atoms with Gasteiger partial charge in [-0.1, -0.05) is 30.3 Å². The summed E-state index contributed by atoms with van der Waals surface area (Å²) in [5.41, 5.74) is 7.74. The fourth-order valence-corrected chi connectivity index (χ4v) is 3.78. The summed E-state index contributed by atoms with van der Waals surface area (Å²) in [5, 5.41) is 0. The van der Waals surface area contributed by atoms with E-state index in [-0.39, 0.29) is 12.3 Å². The Kier molecular flexibility index (Phi) is 7.06. The van der Waals surface area contributed by atoms with Gasteiger partial charge < -0.3 is 21.0 Å². The zero-order valence-corrected chi connectivity index (χ0v) is 18.0. The largest absolute Gasteiger partial charge is 0.367 e. The maximum absolute atomic E-state index is 13.6. The number of nitrogens with zero attached hydrogens (tertiary/aromatic N) is 4. The molecule has 1 saturated heterocycles. The van der Waals surface area contributed by atoms with Gasteiger partial charge in [0.25, 0.3) is 5.91 Å². The maximum Gasteiger partial charge on any atom is 0.252 e. The molecule has 2 atom stereocenters. The lowest BCUT2D eigenvalue weighted by Crippen LogP contribution is -2.59. The number of piperazine rings is 1. The van der Waals surface area contributed by atoms with Crippen molar-refractivity contribution in [1.29, 1.82) is 0 Å². The number of hydrogen-bond donors (Lipinski definition) is 2. The number of carbonyl (C=O) groups excluding carboxylic acids is 3. The Morgan fingerprint density at radius 1 is 1.16 bits per heavy atom. The molecule has 1 fully saturated rings. The van der Waals surface area contributed by atoms with Crippen molar-refractivity contribution in [1.82, 2.24) is 19.5 Å².